The van der Waals surface area contributed by atoms with E-state index in [1.807, 2.05) is 38.1 Å². The van der Waals surface area contributed by atoms with Crippen molar-refractivity contribution in [3.8, 4) is 0 Å². The minimum atomic E-state index is -0.299. The Hall–Kier alpha value is -1.96. The van der Waals surface area contributed by atoms with Gasteiger partial charge in [0.1, 0.15) is 5.82 Å². The monoisotopic (exact) mass is 242 g/mol. The first-order chi connectivity index (χ1) is 8.56. The predicted molar refractivity (Wildman–Crippen MR) is 70.4 cm³/mol. The quantitative estimate of drug-likeness (QED) is 0.747. The molecule has 18 heavy (non-hydrogen) atoms. The summed E-state index contributed by atoms with van der Waals surface area (Å²) in [6, 6.07) is 12.0. The maximum atomic E-state index is 13.1. The Kier molecular flexibility index (Phi) is 3.56. The summed E-state index contributed by atoms with van der Waals surface area (Å²) in [5.41, 5.74) is 3.48. The van der Waals surface area contributed by atoms with Gasteiger partial charge in [0.15, 0.2) is 5.78 Å². The molecule has 92 valence electrons. The van der Waals surface area contributed by atoms with E-state index in [0.29, 0.717) is 5.56 Å². The number of Topliss-reactive ketones (excluding diaryl/α,β-unsaturated/α-hetero) is 1. The lowest BCUT2D eigenvalue weighted by molar-refractivity contribution is 0.0992. The number of rotatable bonds is 3. The number of ketones is 1. The van der Waals surface area contributed by atoms with Crippen molar-refractivity contribution in [2.45, 2.75) is 20.3 Å². The predicted octanol–water partition coefficient (Wildman–Crippen LogP) is 3.87. The highest BCUT2D eigenvalue weighted by molar-refractivity contribution is 5.97. The Bertz CT molecular complexity index is 570. The van der Waals surface area contributed by atoms with Gasteiger partial charge in [-0.3, -0.25) is 4.79 Å². The molecular formula is C16H15FO. The molecule has 0 radical (unpaired) electrons. The first kappa shape index (κ1) is 12.5. The Balaban J connectivity index is 2.21. The largest absolute Gasteiger partial charge is 0.294 e. The zero-order chi connectivity index (χ0) is 13.1. The first-order valence-corrected chi connectivity index (χ1v) is 5.91. The van der Waals surface area contributed by atoms with Gasteiger partial charge < -0.3 is 0 Å². The van der Waals surface area contributed by atoms with Gasteiger partial charge in [0.05, 0.1) is 0 Å². The molecule has 0 amide bonds. The van der Waals surface area contributed by atoms with Gasteiger partial charge in [0.2, 0.25) is 0 Å². The second-order valence-electron chi connectivity index (χ2n) is 4.54. The summed E-state index contributed by atoms with van der Waals surface area (Å²) < 4.78 is 13.1. The van der Waals surface area contributed by atoms with E-state index in [4.69, 9.17) is 0 Å². The molecule has 0 atom stereocenters. The molecule has 0 aliphatic heterocycles. The molecule has 0 aliphatic rings. The van der Waals surface area contributed by atoms with Gasteiger partial charge in [-0.15, -0.1) is 0 Å². The third kappa shape index (κ3) is 2.83. The van der Waals surface area contributed by atoms with Crippen LogP contribution in [-0.2, 0) is 6.42 Å². The first-order valence-electron chi connectivity index (χ1n) is 5.91. The average molecular weight is 242 g/mol. The van der Waals surface area contributed by atoms with E-state index in [-0.39, 0.29) is 18.0 Å². The number of aryl methyl sites for hydroxylation is 2. The molecule has 0 unspecified atom stereocenters. The van der Waals surface area contributed by atoms with Crippen LogP contribution in [0.2, 0.25) is 0 Å². The highest BCUT2D eigenvalue weighted by atomic mass is 19.1. The van der Waals surface area contributed by atoms with E-state index < -0.39 is 0 Å². The minimum Gasteiger partial charge on any atom is -0.294 e. The Morgan fingerprint density at radius 1 is 1.06 bits per heavy atom. The van der Waals surface area contributed by atoms with Gasteiger partial charge in [0, 0.05) is 12.0 Å². The van der Waals surface area contributed by atoms with Crippen LogP contribution < -0.4 is 0 Å². The molecule has 2 rings (SSSR count). The van der Waals surface area contributed by atoms with Gasteiger partial charge in [-0.1, -0.05) is 35.9 Å². The third-order valence-electron chi connectivity index (χ3n) is 3.04. The molecular weight excluding hydrogens is 227 g/mol. The molecule has 1 nitrogen and oxygen atoms in total. The highest BCUT2D eigenvalue weighted by Crippen LogP contribution is 2.14. The molecule has 2 heteroatoms. The van der Waals surface area contributed by atoms with Crippen molar-refractivity contribution in [2.75, 3.05) is 0 Å². The topological polar surface area (TPSA) is 17.1 Å². The Labute approximate surface area is 106 Å². The van der Waals surface area contributed by atoms with Crippen LogP contribution >= 0.6 is 0 Å². The SMILES string of the molecule is Cc1ccc(C(=O)Cc2cc(F)ccc2C)cc1. The van der Waals surface area contributed by atoms with E-state index in [1.165, 1.54) is 12.1 Å². The lowest BCUT2D eigenvalue weighted by Crippen LogP contribution is -2.05. The molecule has 0 saturated heterocycles. The van der Waals surface area contributed by atoms with Crippen LogP contribution in [0.15, 0.2) is 42.5 Å². The van der Waals surface area contributed by atoms with E-state index in [0.717, 1.165) is 16.7 Å². The summed E-state index contributed by atoms with van der Waals surface area (Å²) in [5, 5.41) is 0. The molecule has 2 aromatic carbocycles. The van der Waals surface area contributed by atoms with Crippen LogP contribution in [0.3, 0.4) is 0 Å². The summed E-state index contributed by atoms with van der Waals surface area (Å²) in [5.74, 6) is -0.281. The summed E-state index contributed by atoms with van der Waals surface area (Å²) in [6.45, 7) is 3.86. The molecule has 2 aromatic rings. The number of benzene rings is 2. The second kappa shape index (κ2) is 5.13. The van der Waals surface area contributed by atoms with E-state index in [9.17, 15) is 9.18 Å². The number of hydrogen-bond acceptors (Lipinski definition) is 1. The van der Waals surface area contributed by atoms with Crippen LogP contribution in [0, 0.1) is 19.7 Å². The molecule has 0 heterocycles. The molecule has 0 spiro atoms. The molecule has 0 fully saturated rings. The standard InChI is InChI=1S/C16H15FO/c1-11-3-6-13(7-4-11)16(18)10-14-9-15(17)8-5-12(14)2/h3-9H,10H2,1-2H3. The van der Waals surface area contributed by atoms with Crippen molar-refractivity contribution in [1.29, 1.82) is 0 Å². The fourth-order valence-electron chi connectivity index (χ4n) is 1.84. The zero-order valence-corrected chi connectivity index (χ0v) is 10.5. The molecule has 0 N–H and O–H groups in total. The van der Waals surface area contributed by atoms with E-state index in [1.54, 1.807) is 6.07 Å². The van der Waals surface area contributed by atoms with Crippen molar-refractivity contribution in [3.05, 3.63) is 70.5 Å². The van der Waals surface area contributed by atoms with Crippen molar-refractivity contribution in [2.24, 2.45) is 0 Å². The smallest absolute Gasteiger partial charge is 0.167 e. The van der Waals surface area contributed by atoms with Gasteiger partial charge >= 0.3 is 0 Å². The van der Waals surface area contributed by atoms with Crippen LogP contribution in [0.1, 0.15) is 27.0 Å². The fraction of sp³-hybridized carbons (Fsp3) is 0.188. The Morgan fingerprint density at radius 3 is 2.39 bits per heavy atom. The van der Waals surface area contributed by atoms with Crippen LogP contribution in [0.4, 0.5) is 4.39 Å². The van der Waals surface area contributed by atoms with Gasteiger partial charge in [0.25, 0.3) is 0 Å². The Morgan fingerprint density at radius 2 is 1.72 bits per heavy atom. The second-order valence-corrected chi connectivity index (χ2v) is 4.54. The maximum Gasteiger partial charge on any atom is 0.167 e. The van der Waals surface area contributed by atoms with Crippen LogP contribution in [0.5, 0.6) is 0 Å². The summed E-state index contributed by atoms with van der Waals surface area (Å²) in [6.07, 6.45) is 0.243. The number of carbonyl (C=O) groups excluding carboxylic acids is 1. The minimum absolute atomic E-state index is 0.0173. The van der Waals surface area contributed by atoms with Crippen LogP contribution in [-0.4, -0.2) is 5.78 Å². The lowest BCUT2D eigenvalue weighted by atomic mass is 9.99. The maximum absolute atomic E-state index is 13.1. The lowest BCUT2D eigenvalue weighted by Gasteiger charge is -2.06. The summed E-state index contributed by atoms with van der Waals surface area (Å²) in [4.78, 5) is 12.1. The molecule has 0 aliphatic carbocycles. The van der Waals surface area contributed by atoms with Gasteiger partial charge in [-0.2, -0.15) is 0 Å². The number of hydrogen-bond donors (Lipinski definition) is 0. The molecule has 0 saturated carbocycles. The van der Waals surface area contributed by atoms with Crippen LogP contribution in [0.25, 0.3) is 0 Å². The van der Waals surface area contributed by atoms with Crippen molar-refractivity contribution in [1.82, 2.24) is 0 Å². The zero-order valence-electron chi connectivity index (χ0n) is 10.5. The number of carbonyl (C=O) groups is 1. The van der Waals surface area contributed by atoms with E-state index in [2.05, 4.69) is 0 Å². The van der Waals surface area contributed by atoms with Gasteiger partial charge in [-0.25, -0.2) is 4.39 Å². The van der Waals surface area contributed by atoms with Crippen molar-refractivity contribution >= 4 is 5.78 Å². The third-order valence-corrected chi connectivity index (χ3v) is 3.04. The van der Waals surface area contributed by atoms with Gasteiger partial charge in [-0.05, 0) is 37.1 Å². The average Bonchev–Trinajstić information content (AvgIpc) is 2.34. The molecule has 0 aromatic heterocycles. The fourth-order valence-corrected chi connectivity index (χ4v) is 1.84. The molecule has 0 bridgehead atoms. The normalized spacial score (nSPS) is 10.4. The number of halogens is 1. The highest BCUT2D eigenvalue weighted by Gasteiger charge is 2.09. The van der Waals surface area contributed by atoms with Crippen molar-refractivity contribution < 1.29 is 9.18 Å². The summed E-state index contributed by atoms with van der Waals surface area (Å²) >= 11 is 0. The van der Waals surface area contributed by atoms with E-state index >= 15 is 0 Å². The summed E-state index contributed by atoms with van der Waals surface area (Å²) in [7, 11) is 0. The van der Waals surface area contributed by atoms with Crippen molar-refractivity contribution in [3.63, 3.8) is 0 Å².